The predicted octanol–water partition coefficient (Wildman–Crippen LogP) is 2.62. The van der Waals surface area contributed by atoms with Crippen molar-refractivity contribution in [1.29, 1.82) is 0 Å². The minimum atomic E-state index is -3.52. The van der Waals surface area contributed by atoms with Gasteiger partial charge in [-0.1, -0.05) is 29.8 Å². The first-order valence-corrected chi connectivity index (χ1v) is 13.8. The number of amides is 1. The number of likely N-dealkylation sites (tertiary alicyclic amines) is 1. The lowest BCUT2D eigenvalue weighted by Crippen LogP contribution is -2.31. The molecule has 8 nitrogen and oxygen atoms in total. The third-order valence-corrected chi connectivity index (χ3v) is 9.17. The number of rotatable bonds is 9. The van der Waals surface area contributed by atoms with Crippen LogP contribution in [-0.2, 0) is 27.9 Å². The molecule has 1 atom stereocenters. The minimum absolute atomic E-state index is 0.0199. The Kier molecular flexibility index (Phi) is 7.74. The van der Waals surface area contributed by atoms with Gasteiger partial charge in [0, 0.05) is 39.1 Å². The maximum atomic E-state index is 13.0. The molecule has 2 aromatic rings. The first-order valence-electron chi connectivity index (χ1n) is 12.3. The Hall–Kier alpha value is -2.23. The molecule has 9 heteroatoms. The van der Waals surface area contributed by atoms with Gasteiger partial charge in [0.05, 0.1) is 17.9 Å². The first kappa shape index (κ1) is 24.9. The molecule has 0 aliphatic carbocycles. The monoisotopic (exact) mass is 487 g/mol. The van der Waals surface area contributed by atoms with E-state index in [0.717, 1.165) is 38.9 Å². The smallest absolute Gasteiger partial charge is 0.246 e. The molecule has 2 aliphatic heterocycles. The molecule has 0 saturated carbocycles. The molecule has 1 N–H and O–H groups in total. The van der Waals surface area contributed by atoms with Crippen molar-refractivity contribution in [1.82, 2.24) is 24.3 Å². The van der Waals surface area contributed by atoms with Gasteiger partial charge in [0.1, 0.15) is 4.90 Å². The van der Waals surface area contributed by atoms with Crippen molar-refractivity contribution in [3.8, 4) is 0 Å². The number of hydrogen-bond acceptors (Lipinski definition) is 5. The Bertz CT molecular complexity index is 1100. The van der Waals surface area contributed by atoms with Crippen molar-refractivity contribution in [2.45, 2.75) is 64.4 Å². The van der Waals surface area contributed by atoms with Gasteiger partial charge in [-0.3, -0.25) is 14.4 Å². The summed E-state index contributed by atoms with van der Waals surface area (Å²) in [6, 6.07) is 8.67. The van der Waals surface area contributed by atoms with Crippen LogP contribution in [0, 0.1) is 26.7 Å². The van der Waals surface area contributed by atoms with Crippen LogP contribution < -0.4 is 5.32 Å². The summed E-state index contributed by atoms with van der Waals surface area (Å²) in [5, 5.41) is 7.51. The van der Waals surface area contributed by atoms with Gasteiger partial charge < -0.3 is 5.32 Å². The second-order valence-electron chi connectivity index (χ2n) is 9.76. The third kappa shape index (κ3) is 5.70. The Morgan fingerprint density at radius 2 is 1.79 bits per heavy atom. The number of carbonyl (C=O) groups is 1. The van der Waals surface area contributed by atoms with E-state index in [2.05, 4.69) is 46.5 Å². The quantitative estimate of drug-likeness (QED) is 0.588. The highest BCUT2D eigenvalue weighted by Gasteiger charge is 2.32. The van der Waals surface area contributed by atoms with Gasteiger partial charge in [-0.05, 0) is 58.1 Å². The molecule has 2 aliphatic rings. The number of benzene rings is 1. The van der Waals surface area contributed by atoms with Crippen molar-refractivity contribution >= 4 is 15.9 Å². The molecule has 1 aromatic heterocycles. The summed E-state index contributed by atoms with van der Waals surface area (Å²) >= 11 is 0. The SMILES string of the molecule is Cc1ccc(CN2CC[C@@H](CNC(=O)CCn3nc(C)c(S(=O)(=O)N4CCCC4)c3C)C2)cc1. The zero-order chi connectivity index (χ0) is 24.3. The van der Waals surface area contributed by atoms with Gasteiger partial charge in [-0.2, -0.15) is 9.40 Å². The molecular formula is C25H37N5O3S. The normalized spacial score (nSPS) is 19.7. The summed E-state index contributed by atoms with van der Waals surface area (Å²) < 4.78 is 29.3. The molecule has 2 fully saturated rings. The molecule has 0 unspecified atom stereocenters. The summed E-state index contributed by atoms with van der Waals surface area (Å²) in [5.74, 6) is 0.439. The van der Waals surface area contributed by atoms with Crippen LogP contribution in [0.2, 0.25) is 0 Å². The first-order chi connectivity index (χ1) is 16.2. The number of aromatic nitrogens is 2. The Balaban J connectivity index is 1.24. The molecule has 1 amide bonds. The Labute approximate surface area is 203 Å². The van der Waals surface area contributed by atoms with Crippen molar-refractivity contribution < 1.29 is 13.2 Å². The lowest BCUT2D eigenvalue weighted by molar-refractivity contribution is -0.121. The molecule has 34 heavy (non-hydrogen) atoms. The summed E-state index contributed by atoms with van der Waals surface area (Å²) in [5.41, 5.74) is 3.71. The summed E-state index contributed by atoms with van der Waals surface area (Å²) in [6.07, 6.45) is 3.17. The highest BCUT2D eigenvalue weighted by Crippen LogP contribution is 2.26. The summed E-state index contributed by atoms with van der Waals surface area (Å²) in [6.45, 7) is 10.8. The van der Waals surface area contributed by atoms with E-state index in [1.165, 1.54) is 11.1 Å². The van der Waals surface area contributed by atoms with Crippen LogP contribution in [0.1, 0.15) is 48.2 Å². The molecule has 186 valence electrons. The topological polar surface area (TPSA) is 87.5 Å². The van der Waals surface area contributed by atoms with E-state index in [9.17, 15) is 13.2 Å². The Morgan fingerprint density at radius 3 is 2.50 bits per heavy atom. The molecule has 0 bridgehead atoms. The zero-order valence-corrected chi connectivity index (χ0v) is 21.4. The molecule has 2 saturated heterocycles. The molecule has 0 radical (unpaired) electrons. The van der Waals surface area contributed by atoms with Crippen LogP contribution in [-0.4, -0.2) is 66.0 Å². The second kappa shape index (κ2) is 10.6. The third-order valence-electron chi connectivity index (χ3n) is 7.01. The highest BCUT2D eigenvalue weighted by molar-refractivity contribution is 7.89. The van der Waals surface area contributed by atoms with Crippen molar-refractivity contribution in [2.24, 2.45) is 5.92 Å². The molecular weight excluding hydrogens is 450 g/mol. The van der Waals surface area contributed by atoms with Crippen molar-refractivity contribution in [3.63, 3.8) is 0 Å². The van der Waals surface area contributed by atoms with Gasteiger partial charge >= 0.3 is 0 Å². The fourth-order valence-corrected chi connectivity index (χ4v) is 6.95. The molecule has 3 heterocycles. The number of nitrogens with zero attached hydrogens (tertiary/aromatic N) is 4. The standard InChI is InChI=1S/C25H37N5O3S/c1-19-6-8-22(9-7-19)17-28-14-10-23(18-28)16-26-24(31)11-15-30-21(3)25(20(2)27-30)34(32,33)29-12-4-5-13-29/h6-9,23H,4-5,10-18H2,1-3H3,(H,26,31)/t23-/m0/s1. The van der Waals surface area contributed by atoms with Gasteiger partial charge in [-0.15, -0.1) is 0 Å². The maximum absolute atomic E-state index is 13.0. The van der Waals surface area contributed by atoms with Crippen molar-refractivity contribution in [3.05, 3.63) is 46.8 Å². The number of nitrogens with one attached hydrogen (secondary N) is 1. The van der Waals surface area contributed by atoms with Gasteiger partial charge in [0.25, 0.3) is 0 Å². The number of hydrogen-bond donors (Lipinski definition) is 1. The number of sulfonamides is 1. The van der Waals surface area contributed by atoms with Crippen LogP contribution in [0.25, 0.3) is 0 Å². The Morgan fingerprint density at radius 1 is 1.09 bits per heavy atom. The van der Waals surface area contributed by atoms with E-state index >= 15 is 0 Å². The van der Waals surface area contributed by atoms with E-state index in [4.69, 9.17) is 0 Å². The lowest BCUT2D eigenvalue weighted by atomic mass is 10.1. The lowest BCUT2D eigenvalue weighted by Gasteiger charge is -2.17. The average Bonchev–Trinajstić information content (AvgIpc) is 3.54. The molecule has 1 aromatic carbocycles. The van der Waals surface area contributed by atoms with Crippen LogP contribution in [0.15, 0.2) is 29.2 Å². The fourth-order valence-electron chi connectivity index (χ4n) is 5.06. The molecule has 0 spiro atoms. The van der Waals surface area contributed by atoms with E-state index in [1.54, 1.807) is 22.8 Å². The second-order valence-corrected chi connectivity index (χ2v) is 11.6. The van der Waals surface area contributed by atoms with Gasteiger partial charge in [0.2, 0.25) is 15.9 Å². The van der Waals surface area contributed by atoms with Crippen LogP contribution in [0.3, 0.4) is 0 Å². The predicted molar refractivity (Wildman–Crippen MR) is 132 cm³/mol. The van der Waals surface area contributed by atoms with E-state index in [-0.39, 0.29) is 12.3 Å². The highest BCUT2D eigenvalue weighted by atomic mass is 32.2. The van der Waals surface area contributed by atoms with Crippen LogP contribution >= 0.6 is 0 Å². The van der Waals surface area contributed by atoms with E-state index in [0.29, 0.717) is 48.4 Å². The largest absolute Gasteiger partial charge is 0.356 e. The average molecular weight is 488 g/mol. The van der Waals surface area contributed by atoms with Crippen molar-refractivity contribution in [2.75, 3.05) is 32.7 Å². The number of carbonyl (C=O) groups excluding carboxylic acids is 1. The molecule has 4 rings (SSSR count). The van der Waals surface area contributed by atoms with Gasteiger partial charge in [0.15, 0.2) is 0 Å². The van der Waals surface area contributed by atoms with Crippen LogP contribution in [0.4, 0.5) is 0 Å². The van der Waals surface area contributed by atoms with E-state index < -0.39 is 10.0 Å². The van der Waals surface area contributed by atoms with Crippen LogP contribution in [0.5, 0.6) is 0 Å². The number of aryl methyl sites for hydroxylation is 3. The fraction of sp³-hybridized carbons (Fsp3) is 0.600. The minimum Gasteiger partial charge on any atom is -0.356 e. The summed E-state index contributed by atoms with van der Waals surface area (Å²) in [7, 11) is -3.52. The maximum Gasteiger partial charge on any atom is 0.246 e. The zero-order valence-electron chi connectivity index (χ0n) is 20.6. The summed E-state index contributed by atoms with van der Waals surface area (Å²) in [4.78, 5) is 15.2. The van der Waals surface area contributed by atoms with E-state index in [1.807, 2.05) is 0 Å². The van der Waals surface area contributed by atoms with Gasteiger partial charge in [-0.25, -0.2) is 8.42 Å².